The first kappa shape index (κ1) is 16.4. The lowest BCUT2D eigenvalue weighted by Crippen LogP contribution is -2.43. The normalized spacial score (nSPS) is 23.0. The van der Waals surface area contributed by atoms with Crippen molar-refractivity contribution in [2.75, 3.05) is 5.75 Å². The highest BCUT2D eigenvalue weighted by Gasteiger charge is 2.25. The van der Waals surface area contributed by atoms with Crippen LogP contribution in [0.5, 0.6) is 0 Å². The number of carbonyl (C=O) groups is 1. The van der Waals surface area contributed by atoms with E-state index in [-0.39, 0.29) is 17.7 Å². The van der Waals surface area contributed by atoms with Crippen LogP contribution in [0.3, 0.4) is 0 Å². The fourth-order valence-corrected chi connectivity index (χ4v) is 5.18. The van der Waals surface area contributed by atoms with Gasteiger partial charge in [0.05, 0.1) is 10.8 Å². The van der Waals surface area contributed by atoms with E-state index in [0.717, 1.165) is 24.3 Å². The van der Waals surface area contributed by atoms with Crippen molar-refractivity contribution in [3.63, 3.8) is 0 Å². The number of aromatic nitrogens is 1. The van der Waals surface area contributed by atoms with Crippen LogP contribution in [0.2, 0.25) is 0 Å². The molecule has 2 rings (SSSR count). The Morgan fingerprint density at radius 2 is 2.14 bits per heavy atom. The van der Waals surface area contributed by atoms with E-state index >= 15 is 0 Å². The van der Waals surface area contributed by atoms with Gasteiger partial charge in [0.15, 0.2) is 9.84 Å². The second kappa shape index (κ2) is 6.87. The highest BCUT2D eigenvalue weighted by molar-refractivity contribution is 7.91. The summed E-state index contributed by atoms with van der Waals surface area (Å²) in [5.74, 6) is -0.496. The Kier molecular flexibility index (Phi) is 5.37. The highest BCUT2D eigenvalue weighted by atomic mass is 32.2. The number of carbonyl (C=O) groups excluding carboxylic acids is 1. The van der Waals surface area contributed by atoms with Crippen LogP contribution in [0.15, 0.2) is 6.20 Å². The maximum absolute atomic E-state index is 12.1. The molecule has 118 valence electrons. The second-order valence-corrected chi connectivity index (χ2v) is 9.20. The minimum Gasteiger partial charge on any atom is -0.352 e. The molecule has 1 N–H and O–H groups in total. The van der Waals surface area contributed by atoms with Crippen molar-refractivity contribution in [3.8, 4) is 0 Å². The van der Waals surface area contributed by atoms with E-state index < -0.39 is 15.6 Å². The maximum Gasteiger partial charge on any atom is 0.235 e. The summed E-state index contributed by atoms with van der Waals surface area (Å²) in [6.45, 7) is 3.94. The van der Waals surface area contributed by atoms with E-state index in [9.17, 15) is 13.2 Å². The highest BCUT2D eigenvalue weighted by Crippen LogP contribution is 2.23. The summed E-state index contributed by atoms with van der Waals surface area (Å²) in [5.41, 5.74) is 0. The molecule has 1 aliphatic rings. The Morgan fingerprint density at radius 1 is 1.43 bits per heavy atom. The fourth-order valence-electron chi connectivity index (χ4n) is 2.72. The summed E-state index contributed by atoms with van der Waals surface area (Å²) < 4.78 is 24.1. The number of thiazole rings is 1. The molecule has 0 bridgehead atoms. The molecule has 0 aliphatic heterocycles. The zero-order chi connectivity index (χ0) is 15.5. The number of sulfone groups is 1. The van der Waals surface area contributed by atoms with Crippen molar-refractivity contribution in [3.05, 3.63) is 16.1 Å². The summed E-state index contributed by atoms with van der Waals surface area (Å²) in [6, 6.07) is 0.118. The molecule has 21 heavy (non-hydrogen) atoms. The first-order valence-electron chi connectivity index (χ1n) is 7.27. The predicted octanol–water partition coefficient (Wildman–Crippen LogP) is 2.06. The van der Waals surface area contributed by atoms with Crippen molar-refractivity contribution in [2.45, 2.75) is 51.3 Å². The molecule has 7 heteroatoms. The molecule has 1 fully saturated rings. The number of aryl methyl sites for hydroxylation is 1. The van der Waals surface area contributed by atoms with Crippen molar-refractivity contribution < 1.29 is 13.2 Å². The predicted molar refractivity (Wildman–Crippen MR) is 83.9 cm³/mol. The molecule has 1 saturated carbocycles. The van der Waals surface area contributed by atoms with Gasteiger partial charge in [0.2, 0.25) is 5.91 Å². The van der Waals surface area contributed by atoms with Gasteiger partial charge in [-0.05, 0) is 25.7 Å². The number of nitrogens with zero attached hydrogens (tertiary/aromatic N) is 1. The smallest absolute Gasteiger partial charge is 0.235 e. The first-order valence-corrected chi connectivity index (χ1v) is 9.90. The van der Waals surface area contributed by atoms with E-state index in [1.807, 2.05) is 6.92 Å². The third kappa shape index (κ3) is 5.07. The lowest BCUT2D eigenvalue weighted by atomic mass is 9.86. The number of nitrogens with one attached hydrogen (secondary N) is 1. The topological polar surface area (TPSA) is 76.1 Å². The summed E-state index contributed by atoms with van der Waals surface area (Å²) in [7, 11) is -3.43. The van der Waals surface area contributed by atoms with E-state index in [1.54, 1.807) is 6.20 Å². The van der Waals surface area contributed by atoms with Crippen LogP contribution in [0.1, 0.15) is 42.5 Å². The summed E-state index contributed by atoms with van der Waals surface area (Å²) in [6.07, 6.45) is 5.90. The Balaban J connectivity index is 1.88. The monoisotopic (exact) mass is 330 g/mol. The van der Waals surface area contributed by atoms with Gasteiger partial charge in [0.25, 0.3) is 0 Å². The SMILES string of the molecule is Cc1ncc(CS(=O)(=O)CC(=O)N[C@@H]2CCCC[C@H]2C)s1. The van der Waals surface area contributed by atoms with Crippen LogP contribution in [0.25, 0.3) is 0 Å². The Morgan fingerprint density at radius 3 is 2.76 bits per heavy atom. The Labute approximate surface area is 130 Å². The van der Waals surface area contributed by atoms with Crippen molar-refractivity contribution in [1.29, 1.82) is 0 Å². The van der Waals surface area contributed by atoms with Gasteiger partial charge in [0.1, 0.15) is 5.75 Å². The van der Waals surface area contributed by atoms with Crippen LogP contribution in [-0.4, -0.2) is 31.1 Å². The fraction of sp³-hybridized carbons (Fsp3) is 0.714. The van der Waals surface area contributed by atoms with Crippen molar-refractivity contribution >= 4 is 27.1 Å². The van der Waals surface area contributed by atoms with Gasteiger partial charge in [0, 0.05) is 17.1 Å². The molecular formula is C14H22N2O3S2. The van der Waals surface area contributed by atoms with Crippen LogP contribution >= 0.6 is 11.3 Å². The minimum absolute atomic E-state index is 0.105. The van der Waals surface area contributed by atoms with E-state index in [1.165, 1.54) is 17.8 Å². The standard InChI is InChI=1S/C14H22N2O3S2/c1-10-5-3-4-6-13(10)16-14(17)9-21(18,19)8-12-7-15-11(2)20-12/h7,10,13H,3-6,8-9H2,1-2H3,(H,16,17)/t10-,13-/m1/s1. The molecule has 5 nitrogen and oxygen atoms in total. The average Bonchev–Trinajstić information content (AvgIpc) is 2.76. The van der Waals surface area contributed by atoms with Gasteiger partial charge in [-0.3, -0.25) is 4.79 Å². The zero-order valence-electron chi connectivity index (χ0n) is 12.5. The lowest BCUT2D eigenvalue weighted by molar-refractivity contribution is -0.119. The Bertz CT molecular complexity index is 595. The van der Waals surface area contributed by atoms with Crippen LogP contribution < -0.4 is 5.32 Å². The lowest BCUT2D eigenvalue weighted by Gasteiger charge is -2.29. The largest absolute Gasteiger partial charge is 0.352 e. The molecule has 1 heterocycles. The van der Waals surface area contributed by atoms with Crippen LogP contribution in [0.4, 0.5) is 0 Å². The third-order valence-corrected chi connectivity index (χ3v) is 6.39. The van der Waals surface area contributed by atoms with Crippen molar-refractivity contribution in [1.82, 2.24) is 10.3 Å². The number of hydrogen-bond acceptors (Lipinski definition) is 5. The Hall–Kier alpha value is -0.950. The van der Waals surface area contributed by atoms with Gasteiger partial charge in [-0.15, -0.1) is 11.3 Å². The molecule has 1 aromatic rings. The molecule has 0 aromatic carbocycles. The molecule has 0 radical (unpaired) electrons. The van der Waals surface area contributed by atoms with Gasteiger partial charge in [-0.1, -0.05) is 19.8 Å². The van der Waals surface area contributed by atoms with E-state index in [2.05, 4.69) is 17.2 Å². The number of amides is 1. The first-order chi connectivity index (χ1) is 9.85. The van der Waals surface area contributed by atoms with Crippen LogP contribution in [-0.2, 0) is 20.4 Å². The molecular weight excluding hydrogens is 308 g/mol. The van der Waals surface area contributed by atoms with Gasteiger partial charge >= 0.3 is 0 Å². The molecule has 0 unspecified atom stereocenters. The van der Waals surface area contributed by atoms with E-state index in [4.69, 9.17) is 0 Å². The summed E-state index contributed by atoms with van der Waals surface area (Å²) >= 11 is 1.36. The van der Waals surface area contributed by atoms with Crippen molar-refractivity contribution in [2.24, 2.45) is 5.92 Å². The quantitative estimate of drug-likeness (QED) is 0.896. The average molecular weight is 330 g/mol. The number of rotatable bonds is 5. The molecule has 0 saturated heterocycles. The molecule has 1 aliphatic carbocycles. The summed E-state index contributed by atoms with van der Waals surface area (Å²) in [5, 5.41) is 3.72. The third-order valence-electron chi connectivity index (χ3n) is 3.84. The molecule has 2 atom stereocenters. The summed E-state index contributed by atoms with van der Waals surface area (Å²) in [4.78, 5) is 16.7. The zero-order valence-corrected chi connectivity index (χ0v) is 14.1. The van der Waals surface area contributed by atoms with Gasteiger partial charge in [-0.25, -0.2) is 13.4 Å². The molecule has 1 amide bonds. The minimum atomic E-state index is -3.43. The molecule has 0 spiro atoms. The van der Waals surface area contributed by atoms with Crippen LogP contribution in [0, 0.1) is 12.8 Å². The maximum atomic E-state index is 12.1. The number of hydrogen-bond donors (Lipinski definition) is 1. The molecule has 1 aromatic heterocycles. The van der Waals surface area contributed by atoms with Gasteiger partial charge < -0.3 is 5.32 Å². The van der Waals surface area contributed by atoms with Gasteiger partial charge in [-0.2, -0.15) is 0 Å². The van der Waals surface area contributed by atoms with E-state index in [0.29, 0.717) is 10.8 Å². The second-order valence-electron chi connectivity index (χ2n) is 5.81.